The second kappa shape index (κ2) is 2.33. The molecule has 0 aromatic rings. The van der Waals surface area contributed by atoms with Crippen LogP contribution in [0.3, 0.4) is 0 Å². The molecule has 1 fully saturated rings. The van der Waals surface area contributed by atoms with E-state index in [1.807, 2.05) is 17.9 Å². The molecule has 0 aromatic carbocycles. The van der Waals surface area contributed by atoms with Crippen molar-refractivity contribution in [1.29, 1.82) is 0 Å². The highest BCUT2D eigenvalue weighted by molar-refractivity contribution is 5.91. The van der Waals surface area contributed by atoms with Gasteiger partial charge in [-0.1, -0.05) is 6.92 Å². The van der Waals surface area contributed by atoms with E-state index in [0.29, 0.717) is 6.61 Å². The Morgan fingerprint density at radius 1 is 1.83 bits per heavy atom. The first-order valence-electron chi connectivity index (χ1n) is 4.34. The molecule has 2 rings (SSSR count). The molecule has 1 amide bonds. The summed E-state index contributed by atoms with van der Waals surface area (Å²) in [6.45, 7) is 4.68. The minimum absolute atomic E-state index is 0.0850. The first-order valence-corrected chi connectivity index (χ1v) is 4.34. The van der Waals surface area contributed by atoms with Crippen LogP contribution in [-0.2, 0) is 9.53 Å². The van der Waals surface area contributed by atoms with Gasteiger partial charge in [-0.2, -0.15) is 0 Å². The maximum atomic E-state index is 11.4. The molecule has 2 heterocycles. The molecule has 2 aliphatic rings. The van der Waals surface area contributed by atoms with E-state index in [1.165, 1.54) is 0 Å². The van der Waals surface area contributed by atoms with Crippen LogP contribution in [0.4, 0.5) is 0 Å². The normalized spacial score (nSPS) is 39.3. The number of amides is 1. The molecule has 0 radical (unpaired) electrons. The Bertz CT molecular complexity index is 249. The number of ether oxygens (including phenoxy) is 1. The summed E-state index contributed by atoms with van der Waals surface area (Å²) in [5.74, 6) is 0.0850. The predicted molar refractivity (Wildman–Crippen MR) is 44.4 cm³/mol. The van der Waals surface area contributed by atoms with Gasteiger partial charge in [0.25, 0.3) is 0 Å². The summed E-state index contributed by atoms with van der Waals surface area (Å²) in [6.07, 6.45) is 4.40. The molecule has 3 nitrogen and oxygen atoms in total. The van der Waals surface area contributed by atoms with Gasteiger partial charge in [0.1, 0.15) is 0 Å². The van der Waals surface area contributed by atoms with Gasteiger partial charge in [-0.05, 0) is 19.4 Å². The van der Waals surface area contributed by atoms with Crippen molar-refractivity contribution in [3.8, 4) is 0 Å². The van der Waals surface area contributed by atoms with Crippen molar-refractivity contribution in [1.82, 2.24) is 4.90 Å². The van der Waals surface area contributed by atoms with Gasteiger partial charge in [0, 0.05) is 6.08 Å². The van der Waals surface area contributed by atoms with Crippen molar-refractivity contribution in [2.24, 2.45) is 0 Å². The number of nitrogens with zero attached hydrogens (tertiary/aromatic N) is 1. The third-order valence-corrected chi connectivity index (χ3v) is 2.66. The van der Waals surface area contributed by atoms with E-state index >= 15 is 0 Å². The highest BCUT2D eigenvalue weighted by atomic mass is 16.5. The van der Waals surface area contributed by atoms with E-state index in [0.717, 1.165) is 6.42 Å². The van der Waals surface area contributed by atoms with Crippen molar-refractivity contribution in [2.45, 2.75) is 32.0 Å². The van der Waals surface area contributed by atoms with Crippen molar-refractivity contribution in [2.75, 3.05) is 6.61 Å². The van der Waals surface area contributed by atoms with Gasteiger partial charge in [-0.25, -0.2) is 0 Å². The molecule has 0 N–H and O–H groups in total. The highest BCUT2D eigenvalue weighted by Gasteiger charge is 2.47. The molecule has 0 saturated carbocycles. The topological polar surface area (TPSA) is 29.5 Å². The fourth-order valence-corrected chi connectivity index (χ4v) is 1.91. The maximum Gasteiger partial charge on any atom is 0.249 e. The van der Waals surface area contributed by atoms with Crippen LogP contribution in [0.15, 0.2) is 12.2 Å². The first-order chi connectivity index (χ1) is 5.67. The zero-order valence-electron chi connectivity index (χ0n) is 7.41. The van der Waals surface area contributed by atoms with Crippen molar-refractivity contribution >= 4 is 5.91 Å². The number of hydrogen-bond acceptors (Lipinski definition) is 2. The summed E-state index contributed by atoms with van der Waals surface area (Å²) >= 11 is 0. The van der Waals surface area contributed by atoms with Crippen molar-refractivity contribution < 1.29 is 9.53 Å². The molecule has 0 spiro atoms. The Morgan fingerprint density at radius 3 is 3.25 bits per heavy atom. The molecular formula is C9H13NO2. The minimum Gasteiger partial charge on any atom is -0.350 e. The van der Waals surface area contributed by atoms with Gasteiger partial charge < -0.3 is 9.64 Å². The summed E-state index contributed by atoms with van der Waals surface area (Å²) in [7, 11) is 0. The summed E-state index contributed by atoms with van der Waals surface area (Å²) in [6, 6.07) is 0.262. The smallest absolute Gasteiger partial charge is 0.249 e. The van der Waals surface area contributed by atoms with Gasteiger partial charge in [-0.15, -0.1) is 0 Å². The van der Waals surface area contributed by atoms with Crippen LogP contribution in [0, 0.1) is 0 Å². The van der Waals surface area contributed by atoms with Crippen LogP contribution in [0.2, 0.25) is 0 Å². The molecule has 0 bridgehead atoms. The van der Waals surface area contributed by atoms with Gasteiger partial charge >= 0.3 is 0 Å². The lowest BCUT2D eigenvalue weighted by Crippen LogP contribution is -2.43. The van der Waals surface area contributed by atoms with E-state index in [2.05, 4.69) is 6.92 Å². The van der Waals surface area contributed by atoms with Crippen molar-refractivity contribution in [3.05, 3.63) is 12.2 Å². The Kier molecular flexibility index (Phi) is 1.51. The molecule has 12 heavy (non-hydrogen) atoms. The molecule has 1 saturated heterocycles. The van der Waals surface area contributed by atoms with Gasteiger partial charge in [-0.3, -0.25) is 4.79 Å². The van der Waals surface area contributed by atoms with E-state index < -0.39 is 5.72 Å². The zero-order valence-corrected chi connectivity index (χ0v) is 7.41. The second-order valence-electron chi connectivity index (χ2n) is 3.47. The standard InChI is InChI=1S/C9H13NO2/c1-3-7-6-12-9(2)5-4-8(11)10(7)9/h4-5,7H,3,6H2,1-2H3. The average Bonchev–Trinajstić information content (AvgIpc) is 2.51. The Labute approximate surface area is 72.0 Å². The Morgan fingerprint density at radius 2 is 2.58 bits per heavy atom. The van der Waals surface area contributed by atoms with Crippen LogP contribution in [0.5, 0.6) is 0 Å². The first kappa shape index (κ1) is 7.80. The average molecular weight is 167 g/mol. The van der Waals surface area contributed by atoms with Gasteiger partial charge in [0.15, 0.2) is 5.72 Å². The monoisotopic (exact) mass is 167 g/mol. The second-order valence-corrected chi connectivity index (χ2v) is 3.47. The minimum atomic E-state index is -0.447. The summed E-state index contributed by atoms with van der Waals surface area (Å²) in [5, 5.41) is 0. The van der Waals surface area contributed by atoms with Crippen LogP contribution in [0.1, 0.15) is 20.3 Å². The lowest BCUT2D eigenvalue weighted by atomic mass is 10.2. The summed E-state index contributed by atoms with van der Waals surface area (Å²) in [4.78, 5) is 13.2. The molecule has 2 aliphatic heterocycles. The molecule has 3 heteroatoms. The Balaban J connectivity index is 2.29. The van der Waals surface area contributed by atoms with E-state index in [-0.39, 0.29) is 11.9 Å². The molecule has 0 aromatic heterocycles. The number of carbonyl (C=O) groups excluding carboxylic acids is 1. The lowest BCUT2D eigenvalue weighted by Gasteiger charge is -2.28. The number of rotatable bonds is 1. The maximum absolute atomic E-state index is 11.4. The quantitative estimate of drug-likeness (QED) is 0.581. The highest BCUT2D eigenvalue weighted by Crippen LogP contribution is 2.34. The fourth-order valence-electron chi connectivity index (χ4n) is 1.91. The number of hydrogen-bond donors (Lipinski definition) is 0. The van der Waals surface area contributed by atoms with Crippen LogP contribution in [-0.4, -0.2) is 29.2 Å². The fraction of sp³-hybridized carbons (Fsp3) is 0.667. The van der Waals surface area contributed by atoms with E-state index in [9.17, 15) is 4.79 Å². The van der Waals surface area contributed by atoms with Crippen LogP contribution < -0.4 is 0 Å². The summed E-state index contributed by atoms with van der Waals surface area (Å²) < 4.78 is 5.56. The van der Waals surface area contributed by atoms with E-state index in [1.54, 1.807) is 6.08 Å². The number of fused-ring (bicyclic) bond motifs is 1. The van der Waals surface area contributed by atoms with Crippen LogP contribution in [0.25, 0.3) is 0 Å². The zero-order chi connectivity index (χ0) is 8.77. The third-order valence-electron chi connectivity index (χ3n) is 2.66. The molecule has 66 valence electrons. The van der Waals surface area contributed by atoms with Crippen LogP contribution >= 0.6 is 0 Å². The van der Waals surface area contributed by atoms with Gasteiger partial charge in [0.2, 0.25) is 5.91 Å². The largest absolute Gasteiger partial charge is 0.350 e. The SMILES string of the molecule is CCC1COC2(C)C=CC(=O)N12. The third kappa shape index (κ3) is 0.829. The molecular weight excluding hydrogens is 154 g/mol. The predicted octanol–water partition coefficient (Wildman–Crippen LogP) is 0.910. The molecule has 2 unspecified atom stereocenters. The van der Waals surface area contributed by atoms with Crippen molar-refractivity contribution in [3.63, 3.8) is 0 Å². The lowest BCUT2D eigenvalue weighted by molar-refractivity contribution is -0.134. The van der Waals surface area contributed by atoms with E-state index in [4.69, 9.17) is 4.74 Å². The Hall–Kier alpha value is -0.830. The summed E-state index contributed by atoms with van der Waals surface area (Å²) in [5.41, 5.74) is -0.447. The number of carbonyl (C=O) groups is 1. The molecule has 2 atom stereocenters. The molecule has 0 aliphatic carbocycles. The van der Waals surface area contributed by atoms with Gasteiger partial charge in [0.05, 0.1) is 12.6 Å².